The molecular weight excluding hydrogens is 266 g/mol. The van der Waals surface area contributed by atoms with Crippen molar-refractivity contribution in [3.05, 3.63) is 35.4 Å². The van der Waals surface area contributed by atoms with Crippen LogP contribution in [0.3, 0.4) is 0 Å². The minimum Gasteiger partial charge on any atom is -0.480 e. The number of aryl methyl sites for hydroxylation is 2. The predicted octanol–water partition coefficient (Wildman–Crippen LogP) is 2.80. The Morgan fingerprint density at radius 1 is 1.14 bits per heavy atom. The van der Waals surface area contributed by atoms with E-state index < -0.39 is 12.0 Å². The van der Waals surface area contributed by atoms with Gasteiger partial charge in [0.15, 0.2) is 0 Å². The van der Waals surface area contributed by atoms with Gasteiger partial charge in [0, 0.05) is 6.42 Å². The van der Waals surface area contributed by atoms with Gasteiger partial charge in [-0.25, -0.2) is 4.79 Å². The minimum absolute atomic E-state index is 0.118. The van der Waals surface area contributed by atoms with Gasteiger partial charge in [-0.3, -0.25) is 4.79 Å². The van der Waals surface area contributed by atoms with Crippen LogP contribution in [0.15, 0.2) is 24.3 Å². The number of benzene rings is 1. The van der Waals surface area contributed by atoms with E-state index in [-0.39, 0.29) is 11.8 Å². The molecule has 0 heterocycles. The van der Waals surface area contributed by atoms with E-state index in [9.17, 15) is 9.59 Å². The summed E-state index contributed by atoms with van der Waals surface area (Å²) in [7, 11) is 0. The third-order valence-electron chi connectivity index (χ3n) is 3.55. The number of carboxylic acid groups (broad SMARTS) is 1. The van der Waals surface area contributed by atoms with Gasteiger partial charge in [-0.1, -0.05) is 45.0 Å². The molecule has 1 unspecified atom stereocenters. The number of carbonyl (C=O) groups is 2. The summed E-state index contributed by atoms with van der Waals surface area (Å²) in [5.41, 5.74) is 2.51. The van der Waals surface area contributed by atoms with Crippen LogP contribution in [0.2, 0.25) is 0 Å². The standard InChI is InChI=1S/C17H25NO3/c1-4-13-8-10-14(11-9-13)6-5-7-15(19)18-16(12(2)3)17(20)21/h8-12,16H,4-7H2,1-3H3,(H,18,19)(H,20,21). The van der Waals surface area contributed by atoms with Gasteiger partial charge >= 0.3 is 5.97 Å². The fraction of sp³-hybridized carbons (Fsp3) is 0.529. The van der Waals surface area contributed by atoms with Crippen LogP contribution >= 0.6 is 0 Å². The Bertz CT molecular complexity index is 465. The molecule has 4 heteroatoms. The van der Waals surface area contributed by atoms with Gasteiger partial charge in [-0.2, -0.15) is 0 Å². The predicted molar refractivity (Wildman–Crippen MR) is 83.2 cm³/mol. The topological polar surface area (TPSA) is 66.4 Å². The molecule has 1 amide bonds. The molecule has 0 bridgehead atoms. The second-order valence-corrected chi connectivity index (χ2v) is 5.65. The van der Waals surface area contributed by atoms with Crippen molar-refractivity contribution in [1.82, 2.24) is 5.32 Å². The molecule has 1 rings (SSSR count). The van der Waals surface area contributed by atoms with Gasteiger partial charge in [-0.05, 0) is 36.3 Å². The van der Waals surface area contributed by atoms with Crippen molar-refractivity contribution in [2.24, 2.45) is 5.92 Å². The Morgan fingerprint density at radius 2 is 1.71 bits per heavy atom. The maximum Gasteiger partial charge on any atom is 0.326 e. The number of nitrogens with one attached hydrogen (secondary N) is 1. The number of amides is 1. The number of rotatable bonds is 8. The number of carbonyl (C=O) groups excluding carboxylic acids is 1. The van der Waals surface area contributed by atoms with Crippen molar-refractivity contribution in [2.45, 2.75) is 52.5 Å². The lowest BCUT2D eigenvalue weighted by Crippen LogP contribution is -2.44. The number of carboxylic acids is 1. The fourth-order valence-electron chi connectivity index (χ4n) is 2.15. The van der Waals surface area contributed by atoms with E-state index >= 15 is 0 Å². The maximum absolute atomic E-state index is 11.8. The zero-order valence-electron chi connectivity index (χ0n) is 13.1. The zero-order chi connectivity index (χ0) is 15.8. The molecule has 1 atom stereocenters. The van der Waals surface area contributed by atoms with E-state index in [4.69, 9.17) is 5.11 Å². The molecule has 1 aromatic rings. The fourth-order valence-corrected chi connectivity index (χ4v) is 2.15. The van der Waals surface area contributed by atoms with Crippen LogP contribution in [-0.2, 0) is 22.4 Å². The van der Waals surface area contributed by atoms with E-state index in [1.54, 1.807) is 13.8 Å². The number of aliphatic carboxylic acids is 1. The molecule has 0 saturated heterocycles. The second kappa shape index (κ2) is 8.45. The summed E-state index contributed by atoms with van der Waals surface area (Å²) in [6, 6.07) is 7.58. The number of hydrogen-bond acceptors (Lipinski definition) is 2. The van der Waals surface area contributed by atoms with Crippen LogP contribution in [-0.4, -0.2) is 23.0 Å². The van der Waals surface area contributed by atoms with Crippen LogP contribution in [0.5, 0.6) is 0 Å². The van der Waals surface area contributed by atoms with Gasteiger partial charge < -0.3 is 10.4 Å². The summed E-state index contributed by atoms with van der Waals surface area (Å²) in [5.74, 6) is -1.29. The average Bonchev–Trinajstić information content (AvgIpc) is 2.45. The van der Waals surface area contributed by atoms with E-state index in [0.717, 1.165) is 19.3 Å². The molecule has 1 aromatic carbocycles. The van der Waals surface area contributed by atoms with E-state index in [1.165, 1.54) is 11.1 Å². The van der Waals surface area contributed by atoms with E-state index in [0.29, 0.717) is 6.42 Å². The van der Waals surface area contributed by atoms with Crippen molar-refractivity contribution < 1.29 is 14.7 Å². The van der Waals surface area contributed by atoms with Gasteiger partial charge in [-0.15, -0.1) is 0 Å². The Kier molecular flexibility index (Phi) is 6.92. The molecule has 116 valence electrons. The van der Waals surface area contributed by atoms with Crippen LogP contribution in [0.4, 0.5) is 0 Å². The van der Waals surface area contributed by atoms with Crippen LogP contribution < -0.4 is 5.32 Å². The van der Waals surface area contributed by atoms with Gasteiger partial charge in [0.1, 0.15) is 6.04 Å². The lowest BCUT2D eigenvalue weighted by molar-refractivity contribution is -0.143. The zero-order valence-corrected chi connectivity index (χ0v) is 13.1. The molecule has 4 nitrogen and oxygen atoms in total. The second-order valence-electron chi connectivity index (χ2n) is 5.65. The van der Waals surface area contributed by atoms with Crippen LogP contribution in [0, 0.1) is 5.92 Å². The normalized spacial score (nSPS) is 12.2. The molecule has 0 aliphatic carbocycles. The van der Waals surface area contributed by atoms with Crippen molar-refractivity contribution in [1.29, 1.82) is 0 Å². The SMILES string of the molecule is CCc1ccc(CCCC(=O)NC(C(=O)O)C(C)C)cc1. The van der Waals surface area contributed by atoms with Crippen molar-refractivity contribution in [3.63, 3.8) is 0 Å². The van der Waals surface area contributed by atoms with Crippen molar-refractivity contribution in [3.8, 4) is 0 Å². The average molecular weight is 291 g/mol. The Hall–Kier alpha value is -1.84. The molecule has 0 aliphatic heterocycles. The molecule has 0 fully saturated rings. The summed E-state index contributed by atoms with van der Waals surface area (Å²) in [6.45, 7) is 5.69. The third-order valence-corrected chi connectivity index (χ3v) is 3.55. The molecule has 2 N–H and O–H groups in total. The van der Waals surface area contributed by atoms with Crippen LogP contribution in [0.1, 0.15) is 44.7 Å². The minimum atomic E-state index is -0.978. The smallest absolute Gasteiger partial charge is 0.326 e. The number of hydrogen-bond donors (Lipinski definition) is 2. The first-order valence-electron chi connectivity index (χ1n) is 7.54. The van der Waals surface area contributed by atoms with Gasteiger partial charge in [0.05, 0.1) is 0 Å². The third kappa shape index (κ3) is 5.98. The monoisotopic (exact) mass is 291 g/mol. The van der Waals surface area contributed by atoms with Crippen LogP contribution in [0.25, 0.3) is 0 Å². The van der Waals surface area contributed by atoms with Gasteiger partial charge in [0.25, 0.3) is 0 Å². The molecule has 0 spiro atoms. The highest BCUT2D eigenvalue weighted by molar-refractivity contribution is 5.83. The molecule has 21 heavy (non-hydrogen) atoms. The quantitative estimate of drug-likeness (QED) is 0.774. The highest BCUT2D eigenvalue weighted by Crippen LogP contribution is 2.09. The van der Waals surface area contributed by atoms with E-state index in [1.807, 2.05) is 0 Å². The molecule has 0 aliphatic rings. The lowest BCUT2D eigenvalue weighted by Gasteiger charge is -2.17. The molecule has 0 radical (unpaired) electrons. The summed E-state index contributed by atoms with van der Waals surface area (Å²) in [6.07, 6.45) is 2.93. The summed E-state index contributed by atoms with van der Waals surface area (Å²) in [5, 5.41) is 11.6. The van der Waals surface area contributed by atoms with E-state index in [2.05, 4.69) is 36.5 Å². The first-order chi connectivity index (χ1) is 9.93. The van der Waals surface area contributed by atoms with Crippen molar-refractivity contribution >= 4 is 11.9 Å². The van der Waals surface area contributed by atoms with Crippen molar-refractivity contribution in [2.75, 3.05) is 0 Å². The van der Waals surface area contributed by atoms with Gasteiger partial charge in [0.2, 0.25) is 5.91 Å². The highest BCUT2D eigenvalue weighted by Gasteiger charge is 2.22. The Morgan fingerprint density at radius 3 is 2.19 bits per heavy atom. The maximum atomic E-state index is 11.8. The Balaban J connectivity index is 2.37. The first kappa shape index (κ1) is 17.2. The summed E-state index contributed by atoms with van der Waals surface area (Å²) < 4.78 is 0. The summed E-state index contributed by atoms with van der Waals surface area (Å²) in [4.78, 5) is 22.8. The highest BCUT2D eigenvalue weighted by atomic mass is 16.4. The molecule has 0 aromatic heterocycles. The first-order valence-corrected chi connectivity index (χ1v) is 7.54. The Labute approximate surface area is 126 Å². The summed E-state index contributed by atoms with van der Waals surface area (Å²) >= 11 is 0. The largest absolute Gasteiger partial charge is 0.480 e. The molecular formula is C17H25NO3. The molecule has 0 saturated carbocycles. The lowest BCUT2D eigenvalue weighted by atomic mass is 10.0.